The van der Waals surface area contributed by atoms with E-state index in [1.54, 1.807) is 0 Å². The second kappa shape index (κ2) is 7.75. The summed E-state index contributed by atoms with van der Waals surface area (Å²) >= 11 is 0. The number of amides is 1. The van der Waals surface area contributed by atoms with Crippen molar-refractivity contribution in [3.63, 3.8) is 0 Å². The van der Waals surface area contributed by atoms with Crippen molar-refractivity contribution < 1.29 is 9.53 Å². The molecule has 170 valence electrons. The maximum atomic E-state index is 12.5. The van der Waals surface area contributed by atoms with Crippen molar-refractivity contribution in [2.75, 3.05) is 11.4 Å². The molecule has 2 fully saturated rings. The van der Waals surface area contributed by atoms with Gasteiger partial charge in [0, 0.05) is 34.9 Å². The van der Waals surface area contributed by atoms with E-state index in [0.717, 1.165) is 67.8 Å². The van der Waals surface area contributed by atoms with Gasteiger partial charge in [0.15, 0.2) is 0 Å². The molecular weight excluding hydrogens is 400 g/mol. The summed E-state index contributed by atoms with van der Waals surface area (Å²) in [5, 5.41) is 2.93. The van der Waals surface area contributed by atoms with Gasteiger partial charge in [-0.15, -0.1) is 0 Å². The summed E-state index contributed by atoms with van der Waals surface area (Å²) in [4.78, 5) is 24.7. The number of nitrogens with one attached hydrogen (secondary N) is 1. The number of carbonyl (C=O) groups is 1. The number of alkyl carbamates (subject to hydrolysis) is 1. The van der Waals surface area contributed by atoms with Crippen LogP contribution in [0.1, 0.15) is 76.6 Å². The summed E-state index contributed by atoms with van der Waals surface area (Å²) in [6.07, 6.45) is 6.89. The molecule has 1 atom stereocenters. The van der Waals surface area contributed by atoms with Crippen molar-refractivity contribution in [1.29, 1.82) is 0 Å². The van der Waals surface area contributed by atoms with Crippen LogP contribution in [0.15, 0.2) is 24.3 Å². The Morgan fingerprint density at radius 2 is 1.88 bits per heavy atom. The third kappa shape index (κ3) is 3.84. The van der Waals surface area contributed by atoms with Gasteiger partial charge in [-0.2, -0.15) is 0 Å². The van der Waals surface area contributed by atoms with Gasteiger partial charge in [0.1, 0.15) is 5.60 Å². The number of fused-ring (bicyclic) bond motifs is 1. The van der Waals surface area contributed by atoms with Gasteiger partial charge in [0.2, 0.25) is 5.95 Å². The first-order valence-electron chi connectivity index (χ1n) is 12.0. The maximum Gasteiger partial charge on any atom is 0.408 e. The maximum absolute atomic E-state index is 12.5. The minimum atomic E-state index is -0.514. The number of ether oxygens (including phenoxy) is 1. The number of aromatic nitrogens is 2. The van der Waals surface area contributed by atoms with Crippen LogP contribution in [0.4, 0.5) is 10.7 Å². The highest BCUT2D eigenvalue weighted by Crippen LogP contribution is 2.45. The Kier molecular flexibility index (Phi) is 5.14. The highest BCUT2D eigenvalue weighted by atomic mass is 16.6. The van der Waals surface area contributed by atoms with Crippen LogP contribution in [0, 0.1) is 0 Å². The van der Waals surface area contributed by atoms with E-state index in [1.165, 1.54) is 17.7 Å². The summed E-state index contributed by atoms with van der Waals surface area (Å²) in [6, 6.07) is 9.04. The third-order valence-electron chi connectivity index (χ3n) is 7.11. The quantitative estimate of drug-likeness (QED) is 0.722. The molecule has 1 N–H and O–H groups in total. The van der Waals surface area contributed by atoms with E-state index in [-0.39, 0.29) is 11.6 Å². The average molecular weight is 435 g/mol. The van der Waals surface area contributed by atoms with Gasteiger partial charge in [0.05, 0.1) is 5.69 Å². The number of rotatable bonds is 4. The van der Waals surface area contributed by atoms with E-state index in [9.17, 15) is 4.79 Å². The Balaban J connectivity index is 1.42. The Labute approximate surface area is 190 Å². The molecule has 0 bridgehead atoms. The molecule has 6 nitrogen and oxygen atoms in total. The van der Waals surface area contributed by atoms with Crippen LogP contribution >= 0.6 is 0 Å². The van der Waals surface area contributed by atoms with Gasteiger partial charge < -0.3 is 15.0 Å². The summed E-state index contributed by atoms with van der Waals surface area (Å²) in [5.41, 5.74) is 4.95. The number of aryl methyl sites for hydroxylation is 1. The minimum Gasteiger partial charge on any atom is -0.438 e. The summed E-state index contributed by atoms with van der Waals surface area (Å²) in [7, 11) is 0. The molecule has 2 heterocycles. The minimum absolute atomic E-state index is 0.315. The zero-order valence-corrected chi connectivity index (χ0v) is 19.7. The molecule has 1 amide bonds. The van der Waals surface area contributed by atoms with Crippen molar-refractivity contribution in [3.05, 3.63) is 41.1 Å². The standard InChI is InChI=1S/C26H34N4O2/c1-17-13-16-30(17)23-27-21-8-5-7-20(21)22(28-23)18-9-11-19(12-10-18)26(14-6-15-26)32-24(31)29-25(2,3)4/h9-12,17H,5-8,13-16H2,1-4H3,(H,29,31)/t17-/m0/s1. The molecule has 0 unspecified atom stereocenters. The van der Waals surface area contributed by atoms with Crippen LogP contribution in [0.25, 0.3) is 11.3 Å². The average Bonchev–Trinajstić information content (AvgIpc) is 3.16. The van der Waals surface area contributed by atoms with Crippen LogP contribution in [-0.4, -0.2) is 34.2 Å². The van der Waals surface area contributed by atoms with Crippen molar-refractivity contribution in [3.8, 4) is 11.3 Å². The molecule has 1 saturated heterocycles. The molecule has 5 rings (SSSR count). The van der Waals surface area contributed by atoms with E-state index >= 15 is 0 Å². The zero-order chi connectivity index (χ0) is 22.5. The highest BCUT2D eigenvalue weighted by Gasteiger charge is 2.43. The molecule has 32 heavy (non-hydrogen) atoms. The molecule has 2 aliphatic carbocycles. The molecular formula is C26H34N4O2. The molecule has 1 aromatic carbocycles. The lowest BCUT2D eigenvalue weighted by molar-refractivity contribution is -0.0549. The van der Waals surface area contributed by atoms with Crippen LogP contribution in [0.2, 0.25) is 0 Å². The van der Waals surface area contributed by atoms with Crippen LogP contribution in [-0.2, 0) is 23.2 Å². The Morgan fingerprint density at radius 3 is 2.44 bits per heavy atom. The van der Waals surface area contributed by atoms with Gasteiger partial charge in [-0.25, -0.2) is 14.8 Å². The Bertz CT molecular complexity index is 1020. The van der Waals surface area contributed by atoms with Gasteiger partial charge in [0.25, 0.3) is 0 Å². The van der Waals surface area contributed by atoms with E-state index in [2.05, 4.69) is 41.4 Å². The predicted molar refractivity (Wildman–Crippen MR) is 126 cm³/mol. The van der Waals surface area contributed by atoms with Crippen molar-refractivity contribution in [1.82, 2.24) is 15.3 Å². The summed E-state index contributed by atoms with van der Waals surface area (Å²) in [5.74, 6) is 0.876. The van der Waals surface area contributed by atoms with Crippen molar-refractivity contribution in [2.45, 2.75) is 89.8 Å². The first-order chi connectivity index (χ1) is 15.2. The van der Waals surface area contributed by atoms with Gasteiger partial charge in [-0.1, -0.05) is 24.3 Å². The number of hydrogen-bond donors (Lipinski definition) is 1. The van der Waals surface area contributed by atoms with E-state index in [0.29, 0.717) is 6.04 Å². The third-order valence-corrected chi connectivity index (χ3v) is 7.11. The number of carbonyl (C=O) groups excluding carboxylic acids is 1. The van der Waals surface area contributed by atoms with Gasteiger partial charge >= 0.3 is 6.09 Å². The molecule has 0 spiro atoms. The number of nitrogens with zero attached hydrogens (tertiary/aromatic N) is 3. The number of anilines is 1. The monoisotopic (exact) mass is 434 g/mol. The van der Waals surface area contributed by atoms with Gasteiger partial charge in [-0.3, -0.25) is 0 Å². The predicted octanol–water partition coefficient (Wildman–Crippen LogP) is 5.13. The fraction of sp³-hybridized carbons (Fsp3) is 0.577. The Hall–Kier alpha value is -2.63. The fourth-order valence-electron chi connectivity index (χ4n) is 4.99. The molecule has 6 heteroatoms. The molecule has 3 aliphatic rings. The smallest absolute Gasteiger partial charge is 0.408 e. The van der Waals surface area contributed by atoms with E-state index < -0.39 is 5.60 Å². The molecule has 1 aliphatic heterocycles. The van der Waals surface area contributed by atoms with E-state index in [1.807, 2.05) is 20.8 Å². The number of benzene rings is 1. The van der Waals surface area contributed by atoms with Gasteiger partial charge in [-0.05, 0) is 78.2 Å². The first kappa shape index (κ1) is 21.2. The van der Waals surface area contributed by atoms with Crippen LogP contribution in [0.5, 0.6) is 0 Å². The molecule has 1 saturated carbocycles. The molecule has 1 aromatic heterocycles. The Morgan fingerprint density at radius 1 is 1.12 bits per heavy atom. The first-order valence-corrected chi connectivity index (χ1v) is 12.0. The molecule has 2 aromatic rings. The largest absolute Gasteiger partial charge is 0.438 e. The lowest BCUT2D eigenvalue weighted by Crippen LogP contribution is -2.47. The normalized spacial score (nSPS) is 21.4. The lowest BCUT2D eigenvalue weighted by Gasteiger charge is -2.42. The number of hydrogen-bond acceptors (Lipinski definition) is 5. The second-order valence-electron chi connectivity index (χ2n) is 10.7. The van der Waals surface area contributed by atoms with Crippen LogP contribution in [0.3, 0.4) is 0 Å². The SMILES string of the molecule is C[C@H]1CCN1c1nc2c(c(-c3ccc(C4(OC(=O)NC(C)(C)C)CCC4)cc3)n1)CCC2. The second-order valence-corrected chi connectivity index (χ2v) is 10.7. The van der Waals surface area contributed by atoms with Crippen molar-refractivity contribution in [2.24, 2.45) is 0 Å². The summed E-state index contributed by atoms with van der Waals surface area (Å²) < 4.78 is 5.96. The topological polar surface area (TPSA) is 67.4 Å². The zero-order valence-electron chi connectivity index (χ0n) is 19.7. The highest BCUT2D eigenvalue weighted by molar-refractivity contribution is 5.70. The molecule has 0 radical (unpaired) electrons. The van der Waals surface area contributed by atoms with E-state index in [4.69, 9.17) is 14.7 Å². The lowest BCUT2D eigenvalue weighted by atomic mass is 9.74. The van der Waals surface area contributed by atoms with Crippen molar-refractivity contribution >= 4 is 12.0 Å². The fourth-order valence-corrected chi connectivity index (χ4v) is 4.99. The summed E-state index contributed by atoms with van der Waals surface area (Å²) in [6.45, 7) is 9.17. The van der Waals surface area contributed by atoms with Crippen LogP contribution < -0.4 is 10.2 Å².